The van der Waals surface area contributed by atoms with Gasteiger partial charge in [0.05, 0.1) is 23.6 Å². The van der Waals surface area contributed by atoms with Crippen molar-refractivity contribution in [3.8, 4) is 5.75 Å². The summed E-state index contributed by atoms with van der Waals surface area (Å²) in [6, 6.07) is 8.73. The number of carbonyl (C=O) groups is 1. The number of hydrogen-bond acceptors (Lipinski definition) is 4. The van der Waals surface area contributed by atoms with E-state index in [4.69, 9.17) is 16.3 Å². The summed E-state index contributed by atoms with van der Waals surface area (Å²) < 4.78 is 33.4. The molecule has 0 saturated carbocycles. The summed E-state index contributed by atoms with van der Waals surface area (Å²) >= 11 is 6.04. The number of piperidine rings is 1. The number of ether oxygens (including phenoxy) is 1. The highest BCUT2D eigenvalue weighted by atomic mass is 35.5. The number of hydrogen-bond donors (Lipinski definition) is 1. The zero-order valence-corrected chi connectivity index (χ0v) is 19.2. The first-order valence-corrected chi connectivity index (χ1v) is 11.7. The van der Waals surface area contributed by atoms with Crippen LogP contribution in [0, 0.1) is 26.7 Å². The van der Waals surface area contributed by atoms with Crippen LogP contribution in [0.25, 0.3) is 0 Å². The average Bonchev–Trinajstić information content (AvgIpc) is 2.67. The normalized spacial score (nSPS) is 17.6. The lowest BCUT2D eigenvalue weighted by molar-refractivity contribution is -0.120. The highest BCUT2D eigenvalue weighted by Crippen LogP contribution is 2.31. The number of benzene rings is 2. The maximum absolute atomic E-state index is 13.4. The van der Waals surface area contributed by atoms with Crippen molar-refractivity contribution in [1.29, 1.82) is 0 Å². The van der Waals surface area contributed by atoms with Crippen LogP contribution in [0.2, 0.25) is 5.02 Å². The SMILES string of the molecule is COc1ccc(Cl)cc1NC(=O)[C@@H]1CCCN(S(=O)(=O)c2c(C)cc(C)cc2C)C1. The second kappa shape index (κ2) is 8.96. The molecule has 2 aromatic carbocycles. The number of methoxy groups -OCH3 is 1. The number of nitrogens with one attached hydrogen (secondary N) is 1. The van der Waals surface area contributed by atoms with Crippen molar-refractivity contribution in [3.05, 3.63) is 52.0 Å². The van der Waals surface area contributed by atoms with E-state index in [2.05, 4.69) is 5.32 Å². The average molecular weight is 451 g/mol. The Bertz CT molecular complexity index is 1050. The van der Waals surface area contributed by atoms with Crippen LogP contribution in [0.5, 0.6) is 5.75 Å². The third kappa shape index (κ3) is 4.63. The van der Waals surface area contributed by atoms with E-state index >= 15 is 0 Å². The topological polar surface area (TPSA) is 75.7 Å². The predicted molar refractivity (Wildman–Crippen MR) is 119 cm³/mol. The van der Waals surface area contributed by atoms with Crippen molar-refractivity contribution >= 4 is 33.2 Å². The lowest BCUT2D eigenvalue weighted by atomic mass is 9.98. The molecule has 6 nitrogen and oxygen atoms in total. The van der Waals surface area contributed by atoms with Crippen LogP contribution >= 0.6 is 11.6 Å². The third-order valence-corrected chi connectivity index (χ3v) is 7.78. The van der Waals surface area contributed by atoms with E-state index in [0.717, 1.165) is 16.7 Å². The van der Waals surface area contributed by atoms with Gasteiger partial charge in [0.25, 0.3) is 0 Å². The second-order valence-corrected chi connectivity index (χ2v) is 10.1. The number of aryl methyl sites for hydroxylation is 3. The van der Waals surface area contributed by atoms with Gasteiger partial charge in [-0.25, -0.2) is 8.42 Å². The number of amides is 1. The van der Waals surface area contributed by atoms with E-state index < -0.39 is 15.9 Å². The maximum atomic E-state index is 13.4. The lowest BCUT2D eigenvalue weighted by Crippen LogP contribution is -2.44. The minimum atomic E-state index is -3.69. The van der Waals surface area contributed by atoms with Crippen molar-refractivity contribution in [2.24, 2.45) is 5.92 Å². The highest BCUT2D eigenvalue weighted by Gasteiger charge is 2.35. The van der Waals surface area contributed by atoms with Gasteiger partial charge < -0.3 is 10.1 Å². The molecule has 1 fully saturated rings. The van der Waals surface area contributed by atoms with Gasteiger partial charge in [-0.1, -0.05) is 29.3 Å². The summed E-state index contributed by atoms with van der Waals surface area (Å²) in [7, 11) is -2.18. The molecule has 1 N–H and O–H groups in total. The van der Waals surface area contributed by atoms with Crippen molar-refractivity contribution < 1.29 is 17.9 Å². The lowest BCUT2D eigenvalue weighted by Gasteiger charge is -2.32. The maximum Gasteiger partial charge on any atom is 0.243 e. The first-order valence-electron chi connectivity index (χ1n) is 9.86. The molecule has 1 aliphatic rings. The van der Waals surface area contributed by atoms with Crippen molar-refractivity contribution in [2.45, 2.75) is 38.5 Å². The molecule has 0 aliphatic carbocycles. The molecule has 1 aliphatic heterocycles. The molecule has 2 aromatic rings. The van der Waals surface area contributed by atoms with Gasteiger partial charge in [-0.15, -0.1) is 0 Å². The van der Waals surface area contributed by atoms with Gasteiger partial charge in [-0.2, -0.15) is 4.31 Å². The number of sulfonamides is 1. The Morgan fingerprint density at radius 1 is 1.17 bits per heavy atom. The molecule has 0 radical (unpaired) electrons. The molecule has 162 valence electrons. The van der Waals surface area contributed by atoms with Crippen LogP contribution in [0.4, 0.5) is 5.69 Å². The Kier molecular flexibility index (Phi) is 6.75. The van der Waals surface area contributed by atoms with Crippen molar-refractivity contribution in [1.82, 2.24) is 4.31 Å². The van der Waals surface area contributed by atoms with Crippen LogP contribution in [-0.4, -0.2) is 38.8 Å². The molecule has 0 unspecified atom stereocenters. The van der Waals surface area contributed by atoms with Crippen LogP contribution in [0.1, 0.15) is 29.5 Å². The summed E-state index contributed by atoms with van der Waals surface area (Å²) in [5, 5.41) is 3.32. The fraction of sp³-hybridized carbons (Fsp3) is 0.409. The number of carbonyl (C=O) groups excluding carboxylic acids is 1. The minimum absolute atomic E-state index is 0.143. The van der Waals surface area contributed by atoms with E-state index in [1.807, 2.05) is 32.9 Å². The van der Waals surface area contributed by atoms with E-state index in [0.29, 0.717) is 40.7 Å². The Labute approximate surface area is 183 Å². The molecule has 30 heavy (non-hydrogen) atoms. The summed E-state index contributed by atoms with van der Waals surface area (Å²) in [4.78, 5) is 13.2. The van der Waals surface area contributed by atoms with Gasteiger partial charge in [0.15, 0.2) is 0 Å². The quantitative estimate of drug-likeness (QED) is 0.736. The Morgan fingerprint density at radius 2 is 1.83 bits per heavy atom. The zero-order chi connectivity index (χ0) is 22.1. The summed E-state index contributed by atoms with van der Waals surface area (Å²) in [6.45, 7) is 6.11. The van der Waals surface area contributed by atoms with Gasteiger partial charge in [0.2, 0.25) is 15.9 Å². The zero-order valence-electron chi connectivity index (χ0n) is 17.7. The number of halogens is 1. The summed E-state index contributed by atoms with van der Waals surface area (Å²) in [5.41, 5.74) is 2.95. The largest absolute Gasteiger partial charge is 0.495 e. The Balaban J connectivity index is 1.82. The molecule has 8 heteroatoms. The van der Waals surface area contributed by atoms with E-state index in [-0.39, 0.29) is 12.5 Å². The fourth-order valence-corrected chi connectivity index (χ4v) is 6.20. The van der Waals surface area contributed by atoms with Crippen LogP contribution in [0.15, 0.2) is 35.2 Å². The molecule has 1 amide bonds. The van der Waals surface area contributed by atoms with Gasteiger partial charge in [0.1, 0.15) is 5.75 Å². The number of nitrogens with zero attached hydrogens (tertiary/aromatic N) is 1. The second-order valence-electron chi connectivity index (χ2n) is 7.76. The van der Waals surface area contributed by atoms with Gasteiger partial charge in [0, 0.05) is 18.1 Å². The molecule has 1 atom stereocenters. The summed E-state index contributed by atoms with van der Waals surface area (Å²) in [6.07, 6.45) is 1.24. The van der Waals surface area contributed by atoms with Crippen molar-refractivity contribution in [3.63, 3.8) is 0 Å². The molecule has 1 saturated heterocycles. The van der Waals surface area contributed by atoms with Crippen LogP contribution in [0.3, 0.4) is 0 Å². The highest BCUT2D eigenvalue weighted by molar-refractivity contribution is 7.89. The Morgan fingerprint density at radius 3 is 2.47 bits per heavy atom. The molecular formula is C22H27ClN2O4S. The summed E-state index contributed by atoms with van der Waals surface area (Å²) in [5.74, 6) is -0.199. The molecular weight excluding hydrogens is 424 g/mol. The van der Waals surface area contributed by atoms with E-state index in [9.17, 15) is 13.2 Å². The van der Waals surface area contributed by atoms with Crippen LogP contribution in [-0.2, 0) is 14.8 Å². The standard InChI is InChI=1S/C22H27ClN2O4S/c1-14-10-15(2)21(16(3)11-14)30(27,28)25-9-5-6-17(13-25)22(26)24-19-12-18(23)7-8-20(19)29-4/h7-8,10-12,17H,5-6,9,13H2,1-4H3,(H,24,26)/t17-/m1/s1. The predicted octanol–water partition coefficient (Wildman–Crippen LogP) is 4.31. The van der Waals surface area contributed by atoms with Crippen molar-refractivity contribution in [2.75, 3.05) is 25.5 Å². The van der Waals surface area contributed by atoms with E-state index in [1.54, 1.807) is 18.2 Å². The molecule has 0 spiro atoms. The monoisotopic (exact) mass is 450 g/mol. The molecule has 3 rings (SSSR count). The Hall–Kier alpha value is -2.09. The molecule has 0 aromatic heterocycles. The van der Waals surface area contributed by atoms with E-state index in [1.165, 1.54) is 11.4 Å². The third-order valence-electron chi connectivity index (χ3n) is 5.38. The first kappa shape index (κ1) is 22.6. The number of rotatable bonds is 5. The van der Waals surface area contributed by atoms with Gasteiger partial charge in [-0.05, 0) is 62.9 Å². The van der Waals surface area contributed by atoms with Crippen LogP contribution < -0.4 is 10.1 Å². The fourth-order valence-electron chi connectivity index (χ4n) is 4.09. The smallest absolute Gasteiger partial charge is 0.243 e. The molecule has 1 heterocycles. The minimum Gasteiger partial charge on any atom is -0.495 e. The first-order chi connectivity index (χ1) is 14.1. The number of anilines is 1. The van der Waals surface area contributed by atoms with Gasteiger partial charge in [-0.3, -0.25) is 4.79 Å². The van der Waals surface area contributed by atoms with Gasteiger partial charge >= 0.3 is 0 Å². The molecule has 0 bridgehead atoms.